The van der Waals surface area contributed by atoms with Gasteiger partial charge in [-0.05, 0) is 17.3 Å². The van der Waals surface area contributed by atoms with Crippen LogP contribution in [0.2, 0.25) is 5.82 Å². The van der Waals surface area contributed by atoms with Crippen LogP contribution in [-0.2, 0) is 0 Å². The number of rotatable bonds is 2. The topological polar surface area (TPSA) is 40.5 Å². The summed E-state index contributed by atoms with van der Waals surface area (Å²) in [7, 11) is 2.40. The van der Waals surface area contributed by atoms with Crippen molar-refractivity contribution < 1.29 is 9.90 Å². The van der Waals surface area contributed by atoms with Crippen molar-refractivity contribution in [2.24, 2.45) is 10.8 Å². The molecule has 19 heavy (non-hydrogen) atoms. The van der Waals surface area contributed by atoms with Crippen LogP contribution in [-0.4, -0.2) is 36.5 Å². The molecule has 0 aromatic rings. The summed E-state index contributed by atoms with van der Waals surface area (Å²) in [6.45, 7) is 10.6. The molecule has 0 spiro atoms. The lowest BCUT2D eigenvalue weighted by atomic mass is 9.55. The van der Waals surface area contributed by atoms with Crippen molar-refractivity contribution in [3.63, 3.8) is 0 Å². The summed E-state index contributed by atoms with van der Waals surface area (Å²) in [6, 6.07) is 0. The number of hydrogen-bond acceptors (Lipinski definition) is 1. The summed E-state index contributed by atoms with van der Waals surface area (Å²) < 4.78 is 0. The van der Waals surface area contributed by atoms with Crippen molar-refractivity contribution in [2.45, 2.75) is 52.8 Å². The molecule has 1 radical (unpaired) electrons. The van der Waals surface area contributed by atoms with Gasteiger partial charge in [-0.2, -0.15) is 0 Å². The first-order valence-corrected chi connectivity index (χ1v) is 7.23. The monoisotopic (exact) mass is 262 g/mol. The molecule has 0 atom stereocenters. The van der Waals surface area contributed by atoms with Crippen LogP contribution < -0.4 is 0 Å². The fraction of sp³-hybridized carbons (Fsp3) is 0.800. The summed E-state index contributed by atoms with van der Waals surface area (Å²) in [5.74, 6) is 0.646. The molecule has 3 nitrogen and oxygen atoms in total. The van der Waals surface area contributed by atoms with Crippen molar-refractivity contribution in [1.29, 1.82) is 0 Å². The molecule has 0 aromatic heterocycles. The van der Waals surface area contributed by atoms with E-state index in [1.807, 2.05) is 0 Å². The maximum absolute atomic E-state index is 10.9. The molecule has 1 aliphatic carbocycles. The van der Waals surface area contributed by atoms with E-state index in [4.69, 9.17) is 5.11 Å². The summed E-state index contributed by atoms with van der Waals surface area (Å²) in [6.07, 6.45) is 4.61. The Morgan fingerprint density at radius 1 is 1.32 bits per heavy atom. The zero-order chi connectivity index (χ0) is 14.3. The van der Waals surface area contributed by atoms with Crippen LogP contribution in [0.25, 0.3) is 0 Å². The van der Waals surface area contributed by atoms with Crippen molar-refractivity contribution >= 4 is 13.4 Å². The third-order valence-corrected chi connectivity index (χ3v) is 5.34. The number of hydrogen-bond donors (Lipinski definition) is 1. The molecular weight excluding hydrogens is 237 g/mol. The van der Waals surface area contributed by atoms with Crippen LogP contribution in [0.15, 0.2) is 11.5 Å². The second-order valence-electron chi connectivity index (χ2n) is 7.36. The van der Waals surface area contributed by atoms with Gasteiger partial charge in [0.1, 0.15) is 7.28 Å². The Bertz CT molecular complexity index is 385. The normalized spacial score (nSPS) is 26.1. The summed E-state index contributed by atoms with van der Waals surface area (Å²) in [4.78, 5) is 12.3. The van der Waals surface area contributed by atoms with Crippen molar-refractivity contribution in [3.05, 3.63) is 11.5 Å². The highest BCUT2D eigenvalue weighted by Crippen LogP contribution is 2.57. The van der Waals surface area contributed by atoms with Crippen LogP contribution in [0.3, 0.4) is 0 Å². The highest BCUT2D eigenvalue weighted by molar-refractivity contribution is 6.47. The van der Waals surface area contributed by atoms with Gasteiger partial charge in [0.05, 0.1) is 0 Å². The smallest absolute Gasteiger partial charge is 0.407 e. The van der Waals surface area contributed by atoms with Gasteiger partial charge in [-0.3, -0.25) is 0 Å². The van der Waals surface area contributed by atoms with E-state index >= 15 is 0 Å². The Hall–Kier alpha value is -0.925. The third kappa shape index (κ3) is 2.98. The Morgan fingerprint density at radius 3 is 2.32 bits per heavy atom. The minimum Gasteiger partial charge on any atom is -0.465 e. The first kappa shape index (κ1) is 14.5. The minimum absolute atomic E-state index is 0.385. The molecule has 105 valence electrons. The van der Waals surface area contributed by atoms with Crippen LogP contribution in [0, 0.1) is 10.8 Å². The molecule has 1 N–H and O–H groups in total. The lowest BCUT2D eigenvalue weighted by Gasteiger charge is -2.34. The van der Waals surface area contributed by atoms with Crippen LogP contribution >= 0.6 is 0 Å². The van der Waals surface area contributed by atoms with E-state index in [9.17, 15) is 4.79 Å². The quantitative estimate of drug-likeness (QED) is 0.772. The van der Waals surface area contributed by atoms with Gasteiger partial charge in [0, 0.05) is 13.1 Å². The lowest BCUT2D eigenvalue weighted by Crippen LogP contribution is -2.34. The standard InChI is InChI=1S/C15H25BNO2/c1-14(2)9-12(10-15(14,3)4)16-11-5-7-17(8-6-11)13(18)19/h5,12H,6-10H2,1-4H3,(H,18,19). The molecule has 1 amide bonds. The predicted octanol–water partition coefficient (Wildman–Crippen LogP) is 3.59. The van der Waals surface area contributed by atoms with Gasteiger partial charge in [0.25, 0.3) is 0 Å². The highest BCUT2D eigenvalue weighted by Gasteiger charge is 2.46. The largest absolute Gasteiger partial charge is 0.465 e. The molecule has 2 aliphatic rings. The van der Waals surface area contributed by atoms with Gasteiger partial charge in [0.15, 0.2) is 0 Å². The maximum atomic E-state index is 10.9. The van der Waals surface area contributed by atoms with Gasteiger partial charge in [-0.15, -0.1) is 5.47 Å². The molecule has 1 fully saturated rings. The molecule has 1 heterocycles. The number of amides is 1. The average molecular weight is 262 g/mol. The van der Waals surface area contributed by atoms with Crippen LogP contribution in [0.5, 0.6) is 0 Å². The number of nitrogens with zero attached hydrogens (tertiary/aromatic N) is 1. The highest BCUT2D eigenvalue weighted by atomic mass is 16.4. The summed E-state index contributed by atoms with van der Waals surface area (Å²) in [5, 5.41) is 8.93. The van der Waals surface area contributed by atoms with E-state index in [-0.39, 0.29) is 0 Å². The van der Waals surface area contributed by atoms with Crippen LogP contribution in [0.4, 0.5) is 4.79 Å². The minimum atomic E-state index is -0.807. The van der Waals surface area contributed by atoms with Gasteiger partial charge >= 0.3 is 6.09 Å². The van der Waals surface area contributed by atoms with E-state index in [2.05, 4.69) is 41.1 Å². The Morgan fingerprint density at radius 2 is 1.89 bits per heavy atom. The molecule has 1 saturated carbocycles. The Kier molecular flexibility index (Phi) is 3.72. The second kappa shape index (κ2) is 4.88. The number of carboxylic acid groups (broad SMARTS) is 1. The van der Waals surface area contributed by atoms with E-state index in [1.54, 1.807) is 0 Å². The second-order valence-corrected chi connectivity index (χ2v) is 7.36. The third-order valence-electron chi connectivity index (χ3n) is 5.34. The van der Waals surface area contributed by atoms with E-state index in [0.717, 1.165) is 6.42 Å². The van der Waals surface area contributed by atoms with Gasteiger partial charge < -0.3 is 10.0 Å². The van der Waals surface area contributed by atoms with Gasteiger partial charge in [-0.25, -0.2) is 4.79 Å². The summed E-state index contributed by atoms with van der Waals surface area (Å²) in [5.41, 5.74) is 2.11. The molecule has 0 unspecified atom stereocenters. The SMILES string of the molecule is CC1(C)CC([B]C2=CCN(C(=O)O)CC2)CC1(C)C. The first-order valence-electron chi connectivity index (χ1n) is 7.23. The lowest BCUT2D eigenvalue weighted by molar-refractivity contribution is 0.149. The number of carbonyl (C=O) groups is 1. The van der Waals surface area contributed by atoms with E-state index < -0.39 is 6.09 Å². The van der Waals surface area contributed by atoms with Gasteiger partial charge in [0.2, 0.25) is 0 Å². The zero-order valence-electron chi connectivity index (χ0n) is 12.6. The predicted molar refractivity (Wildman–Crippen MR) is 78.6 cm³/mol. The van der Waals surface area contributed by atoms with Crippen molar-refractivity contribution in [2.75, 3.05) is 13.1 Å². The molecular formula is C15H25BNO2. The summed E-state index contributed by atoms with van der Waals surface area (Å²) >= 11 is 0. The zero-order valence-corrected chi connectivity index (χ0v) is 12.6. The molecule has 0 bridgehead atoms. The molecule has 1 aliphatic heterocycles. The van der Waals surface area contributed by atoms with Gasteiger partial charge in [-0.1, -0.05) is 52.4 Å². The van der Waals surface area contributed by atoms with Crippen LogP contribution in [0.1, 0.15) is 47.0 Å². The van der Waals surface area contributed by atoms with E-state index in [0.29, 0.717) is 29.7 Å². The Balaban J connectivity index is 1.92. The van der Waals surface area contributed by atoms with Crippen molar-refractivity contribution in [3.8, 4) is 0 Å². The van der Waals surface area contributed by atoms with E-state index in [1.165, 1.54) is 23.2 Å². The fourth-order valence-electron chi connectivity index (χ4n) is 3.37. The Labute approximate surface area is 117 Å². The average Bonchev–Trinajstić information content (AvgIpc) is 2.47. The fourth-order valence-corrected chi connectivity index (χ4v) is 3.37. The molecule has 0 aromatic carbocycles. The maximum Gasteiger partial charge on any atom is 0.407 e. The first-order chi connectivity index (χ1) is 8.71. The molecule has 4 heteroatoms. The molecule has 0 saturated heterocycles. The molecule has 2 rings (SSSR count). The van der Waals surface area contributed by atoms with Crippen molar-refractivity contribution in [1.82, 2.24) is 4.90 Å².